The predicted molar refractivity (Wildman–Crippen MR) is 73.7 cm³/mol. The van der Waals surface area contributed by atoms with Gasteiger partial charge in [-0.1, -0.05) is 6.07 Å². The SMILES string of the molecule is CC(C)(C(=O)NC(CCO)C1CC1)c1cccs1. The van der Waals surface area contributed by atoms with Crippen LogP contribution in [-0.4, -0.2) is 23.7 Å². The molecule has 0 radical (unpaired) electrons. The molecular formula is C14H21NO2S. The van der Waals surface area contributed by atoms with Crippen LogP contribution in [0.3, 0.4) is 0 Å². The van der Waals surface area contributed by atoms with Crippen molar-refractivity contribution in [3.63, 3.8) is 0 Å². The van der Waals surface area contributed by atoms with Crippen molar-refractivity contribution in [1.82, 2.24) is 5.32 Å². The first kappa shape index (κ1) is 13.6. The van der Waals surface area contributed by atoms with Crippen molar-refractivity contribution < 1.29 is 9.90 Å². The average Bonchev–Trinajstić information content (AvgIpc) is 3.02. The van der Waals surface area contributed by atoms with Crippen LogP contribution in [0.15, 0.2) is 17.5 Å². The highest BCUT2D eigenvalue weighted by Crippen LogP contribution is 2.35. The molecule has 0 aliphatic heterocycles. The Morgan fingerprint density at radius 2 is 2.33 bits per heavy atom. The monoisotopic (exact) mass is 267 g/mol. The van der Waals surface area contributed by atoms with Crippen molar-refractivity contribution >= 4 is 17.2 Å². The van der Waals surface area contributed by atoms with E-state index in [0.717, 1.165) is 4.88 Å². The molecule has 0 aromatic carbocycles. The van der Waals surface area contributed by atoms with Crippen molar-refractivity contribution in [2.45, 2.75) is 44.6 Å². The molecule has 1 aliphatic rings. The van der Waals surface area contributed by atoms with Gasteiger partial charge in [-0.3, -0.25) is 4.79 Å². The summed E-state index contributed by atoms with van der Waals surface area (Å²) in [5.41, 5.74) is -0.489. The molecule has 100 valence electrons. The number of carbonyl (C=O) groups excluding carboxylic acids is 1. The van der Waals surface area contributed by atoms with E-state index in [1.54, 1.807) is 11.3 Å². The van der Waals surface area contributed by atoms with Crippen molar-refractivity contribution in [3.05, 3.63) is 22.4 Å². The van der Waals surface area contributed by atoms with E-state index in [2.05, 4.69) is 5.32 Å². The number of rotatable bonds is 6. The summed E-state index contributed by atoms with van der Waals surface area (Å²) in [6.07, 6.45) is 3.01. The van der Waals surface area contributed by atoms with E-state index in [-0.39, 0.29) is 18.6 Å². The van der Waals surface area contributed by atoms with Gasteiger partial charge in [-0.25, -0.2) is 0 Å². The lowest BCUT2D eigenvalue weighted by molar-refractivity contribution is -0.126. The van der Waals surface area contributed by atoms with E-state index < -0.39 is 5.41 Å². The quantitative estimate of drug-likeness (QED) is 0.831. The van der Waals surface area contributed by atoms with E-state index in [4.69, 9.17) is 5.11 Å². The summed E-state index contributed by atoms with van der Waals surface area (Å²) < 4.78 is 0. The Bertz CT molecular complexity index is 396. The van der Waals surface area contributed by atoms with E-state index in [0.29, 0.717) is 12.3 Å². The first-order chi connectivity index (χ1) is 8.55. The number of nitrogens with one attached hydrogen (secondary N) is 1. The lowest BCUT2D eigenvalue weighted by Crippen LogP contribution is -2.46. The highest BCUT2D eigenvalue weighted by molar-refractivity contribution is 7.10. The molecule has 1 heterocycles. The maximum Gasteiger partial charge on any atom is 0.231 e. The summed E-state index contributed by atoms with van der Waals surface area (Å²) in [6, 6.07) is 4.12. The summed E-state index contributed by atoms with van der Waals surface area (Å²) >= 11 is 1.61. The smallest absolute Gasteiger partial charge is 0.231 e. The Balaban J connectivity index is 2.01. The van der Waals surface area contributed by atoms with Crippen LogP contribution in [0.1, 0.15) is 38.0 Å². The van der Waals surface area contributed by atoms with Crippen LogP contribution in [0.25, 0.3) is 0 Å². The zero-order valence-electron chi connectivity index (χ0n) is 11.0. The van der Waals surface area contributed by atoms with Gasteiger partial charge in [-0.05, 0) is 50.5 Å². The molecular weight excluding hydrogens is 246 g/mol. The van der Waals surface area contributed by atoms with Crippen LogP contribution in [0.5, 0.6) is 0 Å². The van der Waals surface area contributed by atoms with Gasteiger partial charge in [0.05, 0.1) is 5.41 Å². The van der Waals surface area contributed by atoms with Gasteiger partial charge in [-0.2, -0.15) is 0 Å². The van der Waals surface area contributed by atoms with Gasteiger partial charge in [0.2, 0.25) is 5.91 Å². The summed E-state index contributed by atoms with van der Waals surface area (Å²) in [7, 11) is 0. The molecule has 3 nitrogen and oxygen atoms in total. The van der Waals surface area contributed by atoms with Gasteiger partial charge in [0, 0.05) is 17.5 Å². The Labute approximate surface area is 112 Å². The second kappa shape index (κ2) is 5.41. The number of thiophene rings is 1. The number of carbonyl (C=O) groups is 1. The predicted octanol–water partition coefficient (Wildman–Crippen LogP) is 2.30. The summed E-state index contributed by atoms with van der Waals surface area (Å²) in [5, 5.41) is 14.2. The van der Waals surface area contributed by atoms with Gasteiger partial charge in [0.1, 0.15) is 0 Å². The van der Waals surface area contributed by atoms with E-state index >= 15 is 0 Å². The molecule has 0 saturated heterocycles. The largest absolute Gasteiger partial charge is 0.396 e. The van der Waals surface area contributed by atoms with Crippen LogP contribution in [0.2, 0.25) is 0 Å². The summed E-state index contributed by atoms with van der Waals surface area (Å²) in [4.78, 5) is 13.5. The van der Waals surface area contributed by atoms with Crippen LogP contribution >= 0.6 is 11.3 Å². The maximum atomic E-state index is 12.4. The minimum Gasteiger partial charge on any atom is -0.396 e. The fourth-order valence-electron chi connectivity index (χ4n) is 2.16. The van der Waals surface area contributed by atoms with Gasteiger partial charge < -0.3 is 10.4 Å². The molecule has 1 fully saturated rings. The van der Waals surface area contributed by atoms with Crippen LogP contribution in [0, 0.1) is 5.92 Å². The molecule has 1 amide bonds. The van der Waals surface area contributed by atoms with Gasteiger partial charge in [0.15, 0.2) is 0 Å². The van der Waals surface area contributed by atoms with E-state index in [1.807, 2.05) is 31.4 Å². The average molecular weight is 267 g/mol. The molecule has 1 saturated carbocycles. The normalized spacial score (nSPS) is 17.5. The summed E-state index contributed by atoms with van der Waals surface area (Å²) in [5.74, 6) is 0.635. The highest BCUT2D eigenvalue weighted by Gasteiger charge is 2.36. The van der Waals surface area contributed by atoms with Crippen LogP contribution in [-0.2, 0) is 10.2 Å². The third kappa shape index (κ3) is 2.93. The second-order valence-electron chi connectivity index (χ2n) is 5.53. The second-order valence-corrected chi connectivity index (χ2v) is 6.48. The number of aliphatic hydroxyl groups excluding tert-OH is 1. The fraction of sp³-hybridized carbons (Fsp3) is 0.643. The van der Waals surface area contributed by atoms with Crippen molar-refractivity contribution in [2.75, 3.05) is 6.61 Å². The zero-order chi connectivity index (χ0) is 13.2. The Hall–Kier alpha value is -0.870. The molecule has 1 unspecified atom stereocenters. The molecule has 1 aromatic rings. The van der Waals surface area contributed by atoms with Crippen LogP contribution < -0.4 is 5.32 Å². The minimum atomic E-state index is -0.489. The van der Waals surface area contributed by atoms with Gasteiger partial charge in [-0.15, -0.1) is 11.3 Å². The van der Waals surface area contributed by atoms with E-state index in [1.165, 1.54) is 12.8 Å². The standard InChI is InChI=1S/C14H21NO2S/c1-14(2,12-4-3-9-18-12)13(17)15-11(7-8-16)10-5-6-10/h3-4,9-11,16H,5-8H2,1-2H3,(H,15,17). The molecule has 1 aliphatic carbocycles. The zero-order valence-corrected chi connectivity index (χ0v) is 11.8. The highest BCUT2D eigenvalue weighted by atomic mass is 32.1. The molecule has 0 spiro atoms. The molecule has 2 rings (SSSR count). The van der Waals surface area contributed by atoms with E-state index in [9.17, 15) is 4.79 Å². The fourth-order valence-corrected chi connectivity index (χ4v) is 3.01. The van der Waals surface area contributed by atoms with Crippen molar-refractivity contribution in [3.8, 4) is 0 Å². The number of aliphatic hydroxyl groups is 1. The number of amides is 1. The van der Waals surface area contributed by atoms with Crippen molar-refractivity contribution in [2.24, 2.45) is 5.92 Å². The molecule has 2 N–H and O–H groups in total. The summed E-state index contributed by atoms with van der Waals surface area (Å²) in [6.45, 7) is 4.05. The molecule has 18 heavy (non-hydrogen) atoms. The third-order valence-corrected chi connectivity index (χ3v) is 4.85. The minimum absolute atomic E-state index is 0.0651. The Morgan fingerprint density at radius 3 is 2.83 bits per heavy atom. The molecule has 4 heteroatoms. The lowest BCUT2D eigenvalue weighted by atomic mass is 9.89. The third-order valence-electron chi connectivity index (χ3n) is 3.65. The molecule has 1 atom stereocenters. The van der Waals surface area contributed by atoms with Gasteiger partial charge in [0.25, 0.3) is 0 Å². The first-order valence-corrected chi connectivity index (χ1v) is 7.39. The number of hydrogen-bond acceptors (Lipinski definition) is 3. The topological polar surface area (TPSA) is 49.3 Å². The number of hydrogen-bond donors (Lipinski definition) is 2. The van der Waals surface area contributed by atoms with Gasteiger partial charge >= 0.3 is 0 Å². The Morgan fingerprint density at radius 1 is 1.61 bits per heavy atom. The maximum absolute atomic E-state index is 12.4. The Kier molecular flexibility index (Phi) is 4.07. The molecule has 1 aromatic heterocycles. The van der Waals surface area contributed by atoms with Crippen LogP contribution in [0.4, 0.5) is 0 Å². The lowest BCUT2D eigenvalue weighted by Gasteiger charge is -2.26. The molecule has 0 bridgehead atoms. The first-order valence-electron chi connectivity index (χ1n) is 6.51. The van der Waals surface area contributed by atoms with Crippen molar-refractivity contribution in [1.29, 1.82) is 0 Å².